The van der Waals surface area contributed by atoms with Crippen LogP contribution in [0.25, 0.3) is 10.6 Å². The summed E-state index contributed by atoms with van der Waals surface area (Å²) in [5, 5.41) is 12.4. The number of amides is 1. The lowest BCUT2D eigenvalue weighted by Crippen LogP contribution is -2.31. The molecule has 1 aliphatic rings. The first-order valence-electron chi connectivity index (χ1n) is 11.1. The minimum Gasteiger partial charge on any atom is -0.503 e. The molecule has 1 aromatic heterocycles. The van der Waals surface area contributed by atoms with E-state index in [4.69, 9.17) is 23.2 Å². The van der Waals surface area contributed by atoms with Crippen LogP contribution < -0.4 is 4.90 Å². The lowest BCUT2D eigenvalue weighted by molar-refractivity contribution is -0.117. The van der Waals surface area contributed by atoms with Gasteiger partial charge in [-0.2, -0.15) is 0 Å². The van der Waals surface area contributed by atoms with Crippen LogP contribution in [-0.2, 0) is 4.79 Å². The molecular weight excluding hydrogens is 515 g/mol. The molecule has 0 spiro atoms. The Morgan fingerprint density at radius 1 is 0.972 bits per heavy atom. The normalized spacial score (nSPS) is 15.6. The number of aliphatic hydroxyl groups is 1. The molecule has 1 unspecified atom stereocenters. The van der Waals surface area contributed by atoms with E-state index >= 15 is 0 Å². The predicted octanol–water partition coefficient (Wildman–Crippen LogP) is 7.52. The summed E-state index contributed by atoms with van der Waals surface area (Å²) in [6.07, 6.45) is 0. The van der Waals surface area contributed by atoms with Crippen LogP contribution in [0.1, 0.15) is 32.5 Å². The number of Topliss-reactive ketones (excluding diaryl/α,β-unsaturated/α-hetero) is 1. The van der Waals surface area contributed by atoms with Crippen molar-refractivity contribution >= 4 is 51.9 Å². The van der Waals surface area contributed by atoms with Crippen LogP contribution >= 0.6 is 34.5 Å². The summed E-state index contributed by atoms with van der Waals surface area (Å²) < 4.78 is 0. The summed E-state index contributed by atoms with van der Waals surface area (Å²) in [5.41, 5.74) is 3.42. The first-order valence-corrected chi connectivity index (χ1v) is 12.7. The highest BCUT2D eigenvalue weighted by molar-refractivity contribution is 7.17. The molecule has 36 heavy (non-hydrogen) atoms. The number of aromatic nitrogens is 1. The Balaban J connectivity index is 1.65. The van der Waals surface area contributed by atoms with Crippen LogP contribution in [0.3, 0.4) is 0 Å². The molecule has 2 heterocycles. The number of anilines is 1. The number of ketones is 1. The average molecular weight is 535 g/mol. The fraction of sp³-hybridized carbons (Fsp3) is 0.107. The summed E-state index contributed by atoms with van der Waals surface area (Å²) in [6, 6.07) is 20.9. The van der Waals surface area contributed by atoms with Gasteiger partial charge in [-0.3, -0.25) is 14.5 Å². The SMILES string of the molecule is Cc1cccc(N2C(=O)C(O)=C(C(=O)c3sc(-c4ccccc4)nc3C)C2c2ccc(Cl)c(Cl)c2)c1. The second kappa shape index (κ2) is 9.54. The van der Waals surface area contributed by atoms with Crippen LogP contribution in [0.4, 0.5) is 5.69 Å². The molecular formula is C28H20Cl2N2O3S. The number of aliphatic hydroxyl groups excluding tert-OH is 1. The molecule has 1 aliphatic heterocycles. The number of aryl methyl sites for hydroxylation is 2. The van der Waals surface area contributed by atoms with E-state index < -0.39 is 23.5 Å². The highest BCUT2D eigenvalue weighted by atomic mass is 35.5. The quantitative estimate of drug-likeness (QED) is 0.269. The largest absolute Gasteiger partial charge is 0.503 e. The summed E-state index contributed by atoms with van der Waals surface area (Å²) >= 11 is 13.7. The van der Waals surface area contributed by atoms with Gasteiger partial charge in [-0.15, -0.1) is 11.3 Å². The number of benzene rings is 3. The Bertz CT molecular complexity index is 1550. The molecule has 1 amide bonds. The smallest absolute Gasteiger partial charge is 0.294 e. The van der Waals surface area contributed by atoms with Crippen LogP contribution in [0, 0.1) is 13.8 Å². The molecule has 3 aromatic carbocycles. The van der Waals surface area contributed by atoms with Crippen molar-refractivity contribution in [1.82, 2.24) is 4.98 Å². The van der Waals surface area contributed by atoms with Crippen molar-refractivity contribution in [3.8, 4) is 10.6 Å². The molecule has 180 valence electrons. The fourth-order valence-corrected chi connectivity index (χ4v) is 5.65. The third-order valence-corrected chi connectivity index (χ3v) is 7.96. The van der Waals surface area contributed by atoms with Crippen molar-refractivity contribution in [2.45, 2.75) is 19.9 Å². The summed E-state index contributed by atoms with van der Waals surface area (Å²) in [5.74, 6) is -1.71. The van der Waals surface area contributed by atoms with Gasteiger partial charge in [0, 0.05) is 11.3 Å². The van der Waals surface area contributed by atoms with Gasteiger partial charge in [-0.1, -0.05) is 71.7 Å². The van der Waals surface area contributed by atoms with Crippen molar-refractivity contribution in [2.24, 2.45) is 0 Å². The molecule has 5 rings (SSSR count). The maximum Gasteiger partial charge on any atom is 0.294 e. The maximum atomic E-state index is 14.0. The van der Waals surface area contributed by atoms with Crippen LogP contribution in [0.2, 0.25) is 10.0 Å². The van der Waals surface area contributed by atoms with E-state index in [1.165, 1.54) is 16.2 Å². The number of thiazole rings is 1. The minimum atomic E-state index is -0.900. The zero-order valence-electron chi connectivity index (χ0n) is 19.3. The van der Waals surface area contributed by atoms with E-state index in [0.29, 0.717) is 31.9 Å². The van der Waals surface area contributed by atoms with Gasteiger partial charge in [0.1, 0.15) is 5.01 Å². The summed E-state index contributed by atoms with van der Waals surface area (Å²) in [7, 11) is 0. The van der Waals surface area contributed by atoms with E-state index in [2.05, 4.69) is 4.98 Å². The third kappa shape index (κ3) is 4.22. The zero-order valence-corrected chi connectivity index (χ0v) is 21.7. The standard InChI is InChI=1S/C28H20Cl2N2O3S/c1-15-7-6-10-19(13-15)32-23(18-11-12-20(29)21(30)14-18)22(25(34)28(32)35)24(33)26-16(2)31-27(36-26)17-8-4-3-5-9-17/h3-14,23,34H,1-2H3. The predicted molar refractivity (Wildman–Crippen MR) is 144 cm³/mol. The Morgan fingerprint density at radius 2 is 1.72 bits per heavy atom. The maximum absolute atomic E-state index is 14.0. The molecule has 1 atom stereocenters. The van der Waals surface area contributed by atoms with E-state index in [9.17, 15) is 14.7 Å². The second-order valence-corrected chi connectivity index (χ2v) is 10.3. The molecule has 1 N–H and O–H groups in total. The summed E-state index contributed by atoms with van der Waals surface area (Å²) in [6.45, 7) is 3.65. The first-order chi connectivity index (χ1) is 17.3. The molecule has 8 heteroatoms. The Morgan fingerprint density at radius 3 is 2.42 bits per heavy atom. The number of hydrogen-bond acceptors (Lipinski definition) is 5. The highest BCUT2D eigenvalue weighted by Crippen LogP contribution is 2.44. The van der Waals surface area contributed by atoms with Crippen molar-refractivity contribution in [3.63, 3.8) is 0 Å². The Labute approximate surface area is 222 Å². The van der Waals surface area contributed by atoms with Gasteiger partial charge in [-0.05, 0) is 49.2 Å². The molecule has 0 bridgehead atoms. The number of carbonyl (C=O) groups is 2. The van der Waals surface area contributed by atoms with E-state index in [0.717, 1.165) is 11.1 Å². The topological polar surface area (TPSA) is 70.5 Å². The zero-order chi connectivity index (χ0) is 25.6. The van der Waals surface area contributed by atoms with Gasteiger partial charge in [0.25, 0.3) is 5.91 Å². The van der Waals surface area contributed by atoms with Gasteiger partial charge in [0.05, 0.1) is 32.2 Å². The number of nitrogens with zero attached hydrogens (tertiary/aromatic N) is 2. The van der Waals surface area contributed by atoms with E-state index in [1.54, 1.807) is 31.2 Å². The van der Waals surface area contributed by atoms with Gasteiger partial charge in [-0.25, -0.2) is 4.98 Å². The fourth-order valence-electron chi connectivity index (χ4n) is 4.31. The number of rotatable bonds is 5. The molecule has 0 saturated carbocycles. The van der Waals surface area contributed by atoms with Gasteiger partial charge >= 0.3 is 0 Å². The molecule has 0 fully saturated rings. The second-order valence-electron chi connectivity index (χ2n) is 8.48. The third-order valence-electron chi connectivity index (χ3n) is 6.02. The summed E-state index contributed by atoms with van der Waals surface area (Å²) in [4.78, 5) is 33.7. The van der Waals surface area contributed by atoms with Gasteiger partial charge in [0.15, 0.2) is 5.76 Å². The molecule has 0 radical (unpaired) electrons. The Kier molecular flexibility index (Phi) is 6.43. The Hall–Kier alpha value is -3.45. The van der Waals surface area contributed by atoms with Crippen LogP contribution in [-0.4, -0.2) is 21.8 Å². The monoisotopic (exact) mass is 534 g/mol. The van der Waals surface area contributed by atoms with Crippen LogP contribution in [0.5, 0.6) is 0 Å². The van der Waals surface area contributed by atoms with E-state index in [-0.39, 0.29) is 10.6 Å². The molecule has 4 aromatic rings. The van der Waals surface area contributed by atoms with Crippen molar-refractivity contribution in [3.05, 3.63) is 116 Å². The lowest BCUT2D eigenvalue weighted by atomic mass is 9.94. The van der Waals surface area contributed by atoms with Crippen LogP contribution in [0.15, 0.2) is 84.1 Å². The highest BCUT2D eigenvalue weighted by Gasteiger charge is 2.45. The molecule has 0 aliphatic carbocycles. The van der Waals surface area contributed by atoms with E-state index in [1.807, 2.05) is 55.5 Å². The van der Waals surface area contributed by atoms with Crippen molar-refractivity contribution in [1.29, 1.82) is 0 Å². The lowest BCUT2D eigenvalue weighted by Gasteiger charge is -2.27. The number of hydrogen-bond donors (Lipinski definition) is 1. The van der Waals surface area contributed by atoms with Gasteiger partial charge < -0.3 is 5.11 Å². The van der Waals surface area contributed by atoms with Crippen molar-refractivity contribution in [2.75, 3.05) is 4.90 Å². The number of halogens is 2. The molecule has 5 nitrogen and oxygen atoms in total. The number of carbonyl (C=O) groups excluding carboxylic acids is 2. The first kappa shape index (κ1) is 24.3. The molecule has 0 saturated heterocycles. The average Bonchev–Trinajstić information content (AvgIpc) is 3.38. The minimum absolute atomic E-state index is 0.0220. The van der Waals surface area contributed by atoms with Gasteiger partial charge in [0.2, 0.25) is 5.78 Å². The van der Waals surface area contributed by atoms with Crippen molar-refractivity contribution < 1.29 is 14.7 Å².